The van der Waals surface area contributed by atoms with E-state index in [1.807, 2.05) is 61.8 Å². The molecule has 0 aliphatic rings. The van der Waals surface area contributed by atoms with Crippen LogP contribution < -0.4 is 4.90 Å². The second-order valence-corrected chi connectivity index (χ2v) is 8.72. The summed E-state index contributed by atoms with van der Waals surface area (Å²) >= 11 is 0. The highest BCUT2D eigenvalue weighted by Gasteiger charge is 2.22. The minimum absolute atomic E-state index is 0.166. The van der Waals surface area contributed by atoms with Crippen molar-refractivity contribution in [2.45, 2.75) is 13.8 Å². The van der Waals surface area contributed by atoms with Crippen molar-refractivity contribution in [1.29, 1.82) is 0 Å². The van der Waals surface area contributed by atoms with Gasteiger partial charge in [-0.2, -0.15) is 10.2 Å². The molecule has 0 spiro atoms. The number of pyridine rings is 1. The van der Waals surface area contributed by atoms with Crippen LogP contribution in [0.3, 0.4) is 0 Å². The Balaban J connectivity index is 1.81. The number of amides is 1. The molecule has 0 saturated carbocycles. The summed E-state index contributed by atoms with van der Waals surface area (Å²) in [6.45, 7) is 7.79. The number of nitrogens with one attached hydrogen (secondary N) is 1. The standard InChI is InChI=1S/C27H27N7O/c1-7-23(35)33(5)20-10-8-9-18(11-20)25-24-16(2)21(22-14-30-34(6)17(22)3)13-28-27(24)31-26(25)19-12-29-32(4)15-19/h7-15H,1H2,2-6H3,(H,28,31). The maximum absolute atomic E-state index is 12.3. The summed E-state index contributed by atoms with van der Waals surface area (Å²) in [5, 5.41) is 9.84. The number of hydrogen-bond acceptors (Lipinski definition) is 4. The van der Waals surface area contributed by atoms with Crippen LogP contribution in [-0.4, -0.2) is 42.5 Å². The van der Waals surface area contributed by atoms with Gasteiger partial charge in [-0.3, -0.25) is 14.2 Å². The Hall–Kier alpha value is -4.46. The van der Waals surface area contributed by atoms with Gasteiger partial charge in [0.05, 0.1) is 18.1 Å². The lowest BCUT2D eigenvalue weighted by Gasteiger charge is -2.17. The third-order valence-corrected chi connectivity index (χ3v) is 6.63. The molecule has 5 rings (SSSR count). The Morgan fingerprint density at radius 1 is 1.09 bits per heavy atom. The molecule has 0 saturated heterocycles. The molecule has 0 aliphatic carbocycles. The number of hydrogen-bond donors (Lipinski definition) is 1. The second-order valence-electron chi connectivity index (χ2n) is 8.72. The van der Waals surface area contributed by atoms with Crippen LogP contribution in [0.4, 0.5) is 5.69 Å². The Bertz CT molecular complexity index is 1600. The number of nitrogens with zero attached hydrogens (tertiary/aromatic N) is 6. The Morgan fingerprint density at radius 2 is 1.89 bits per heavy atom. The fraction of sp³-hybridized carbons (Fsp3) is 0.185. The van der Waals surface area contributed by atoms with Crippen molar-refractivity contribution in [2.24, 2.45) is 14.1 Å². The van der Waals surface area contributed by atoms with E-state index < -0.39 is 0 Å². The van der Waals surface area contributed by atoms with E-state index in [1.54, 1.807) is 16.6 Å². The molecule has 1 amide bonds. The fourth-order valence-electron chi connectivity index (χ4n) is 4.53. The van der Waals surface area contributed by atoms with Gasteiger partial charge in [-0.05, 0) is 43.2 Å². The van der Waals surface area contributed by atoms with Crippen LogP contribution >= 0.6 is 0 Å². The van der Waals surface area contributed by atoms with Gasteiger partial charge in [0.15, 0.2) is 0 Å². The summed E-state index contributed by atoms with van der Waals surface area (Å²) in [6, 6.07) is 7.95. The van der Waals surface area contributed by atoms with Gasteiger partial charge in [-0.15, -0.1) is 0 Å². The molecule has 4 aromatic heterocycles. The highest BCUT2D eigenvalue weighted by atomic mass is 16.2. The first-order chi connectivity index (χ1) is 16.8. The highest BCUT2D eigenvalue weighted by molar-refractivity contribution is 6.07. The Morgan fingerprint density at radius 3 is 2.54 bits per heavy atom. The number of benzene rings is 1. The number of rotatable bonds is 5. The van der Waals surface area contributed by atoms with E-state index in [0.29, 0.717) is 0 Å². The van der Waals surface area contributed by atoms with Crippen molar-refractivity contribution in [3.63, 3.8) is 0 Å². The van der Waals surface area contributed by atoms with Crippen LogP contribution in [-0.2, 0) is 18.9 Å². The van der Waals surface area contributed by atoms with Gasteiger partial charge in [0, 0.05) is 72.6 Å². The zero-order chi connectivity index (χ0) is 24.9. The number of fused-ring (bicyclic) bond motifs is 1. The molecule has 0 atom stereocenters. The molecule has 8 heteroatoms. The quantitative estimate of drug-likeness (QED) is 0.378. The van der Waals surface area contributed by atoms with E-state index in [-0.39, 0.29) is 5.91 Å². The number of likely N-dealkylation sites (N-methyl/N-ethyl adjacent to an activating group) is 1. The van der Waals surface area contributed by atoms with E-state index in [4.69, 9.17) is 4.98 Å². The summed E-state index contributed by atoms with van der Waals surface area (Å²) in [5.41, 5.74) is 9.73. The number of carbonyl (C=O) groups is 1. The summed E-state index contributed by atoms with van der Waals surface area (Å²) in [7, 11) is 5.58. The topological polar surface area (TPSA) is 84.6 Å². The summed E-state index contributed by atoms with van der Waals surface area (Å²) in [6.07, 6.45) is 8.92. The average molecular weight is 466 g/mol. The molecule has 4 heterocycles. The van der Waals surface area contributed by atoms with Crippen LogP contribution in [0, 0.1) is 13.8 Å². The summed E-state index contributed by atoms with van der Waals surface area (Å²) in [5.74, 6) is -0.166. The van der Waals surface area contributed by atoms with E-state index in [1.165, 1.54) is 6.08 Å². The van der Waals surface area contributed by atoms with Gasteiger partial charge >= 0.3 is 0 Å². The SMILES string of the molecule is C=CC(=O)N(C)c1cccc(-c2c(-c3cnn(C)c3)[nH]c3ncc(-c4cnn(C)c4C)c(C)c23)c1. The van der Waals surface area contributed by atoms with E-state index in [0.717, 1.165) is 61.5 Å². The summed E-state index contributed by atoms with van der Waals surface area (Å²) in [4.78, 5) is 22.2. The maximum Gasteiger partial charge on any atom is 0.250 e. The van der Waals surface area contributed by atoms with Gasteiger partial charge in [0.1, 0.15) is 5.65 Å². The van der Waals surface area contributed by atoms with Crippen molar-refractivity contribution in [2.75, 3.05) is 11.9 Å². The van der Waals surface area contributed by atoms with Crippen molar-refractivity contribution < 1.29 is 4.79 Å². The van der Waals surface area contributed by atoms with Crippen LogP contribution in [0.15, 0.2) is 61.7 Å². The van der Waals surface area contributed by atoms with Gasteiger partial charge in [0.25, 0.3) is 0 Å². The number of aromatic amines is 1. The van der Waals surface area contributed by atoms with Crippen molar-refractivity contribution in [1.82, 2.24) is 29.5 Å². The zero-order valence-electron chi connectivity index (χ0n) is 20.5. The minimum atomic E-state index is -0.166. The zero-order valence-corrected chi connectivity index (χ0v) is 20.5. The molecule has 1 aromatic carbocycles. The molecule has 0 unspecified atom stereocenters. The molecule has 176 valence electrons. The fourth-order valence-corrected chi connectivity index (χ4v) is 4.53. The first kappa shape index (κ1) is 22.3. The number of aryl methyl sites for hydroxylation is 3. The lowest BCUT2D eigenvalue weighted by molar-refractivity contribution is -0.113. The van der Waals surface area contributed by atoms with E-state index in [9.17, 15) is 4.79 Å². The highest BCUT2D eigenvalue weighted by Crippen LogP contribution is 2.42. The molecule has 0 fully saturated rings. The molecule has 35 heavy (non-hydrogen) atoms. The largest absolute Gasteiger partial charge is 0.339 e. The predicted molar refractivity (Wildman–Crippen MR) is 139 cm³/mol. The predicted octanol–water partition coefficient (Wildman–Crippen LogP) is 4.80. The van der Waals surface area contributed by atoms with E-state index >= 15 is 0 Å². The molecule has 8 nitrogen and oxygen atoms in total. The number of anilines is 1. The average Bonchev–Trinajstić information content (AvgIpc) is 3.56. The van der Waals surface area contributed by atoms with Crippen molar-refractivity contribution in [3.05, 3.63) is 73.0 Å². The molecular weight excluding hydrogens is 438 g/mol. The van der Waals surface area contributed by atoms with Crippen LogP contribution in [0.5, 0.6) is 0 Å². The third-order valence-electron chi connectivity index (χ3n) is 6.63. The number of carbonyl (C=O) groups excluding carboxylic acids is 1. The molecule has 0 radical (unpaired) electrons. The monoisotopic (exact) mass is 465 g/mol. The van der Waals surface area contributed by atoms with Gasteiger partial charge < -0.3 is 9.88 Å². The first-order valence-corrected chi connectivity index (χ1v) is 11.3. The smallest absolute Gasteiger partial charge is 0.250 e. The van der Waals surface area contributed by atoms with E-state index in [2.05, 4.69) is 41.7 Å². The molecule has 0 bridgehead atoms. The maximum atomic E-state index is 12.3. The lowest BCUT2D eigenvalue weighted by atomic mass is 9.94. The molecule has 0 aliphatic heterocycles. The van der Waals surface area contributed by atoms with Crippen LogP contribution in [0.1, 0.15) is 11.3 Å². The second kappa shape index (κ2) is 8.39. The van der Waals surface area contributed by atoms with Crippen molar-refractivity contribution >= 4 is 22.6 Å². The minimum Gasteiger partial charge on any atom is -0.339 e. The Labute approximate surface area is 203 Å². The third kappa shape index (κ3) is 3.63. The van der Waals surface area contributed by atoms with Crippen LogP contribution in [0.2, 0.25) is 0 Å². The normalized spacial score (nSPS) is 11.2. The van der Waals surface area contributed by atoms with Crippen molar-refractivity contribution in [3.8, 4) is 33.5 Å². The van der Waals surface area contributed by atoms with Gasteiger partial charge in [-0.25, -0.2) is 4.98 Å². The Kier molecular flexibility index (Phi) is 5.36. The molecule has 1 N–H and O–H groups in total. The molecular formula is C27H27N7O. The van der Waals surface area contributed by atoms with Gasteiger partial charge in [-0.1, -0.05) is 18.7 Å². The van der Waals surface area contributed by atoms with Gasteiger partial charge in [0.2, 0.25) is 5.91 Å². The molecule has 5 aromatic rings. The summed E-state index contributed by atoms with van der Waals surface area (Å²) < 4.78 is 3.65. The van der Waals surface area contributed by atoms with Crippen LogP contribution in [0.25, 0.3) is 44.5 Å². The number of H-pyrrole nitrogens is 1. The number of aromatic nitrogens is 6. The first-order valence-electron chi connectivity index (χ1n) is 11.3. The lowest BCUT2D eigenvalue weighted by Crippen LogP contribution is -2.23.